The third kappa shape index (κ3) is 1.98. The van der Waals surface area contributed by atoms with E-state index in [-0.39, 0.29) is 23.0 Å². The highest BCUT2D eigenvalue weighted by molar-refractivity contribution is 5.82. The van der Waals surface area contributed by atoms with Gasteiger partial charge in [-0.3, -0.25) is 4.79 Å². The summed E-state index contributed by atoms with van der Waals surface area (Å²) in [6.45, 7) is 5.56. The van der Waals surface area contributed by atoms with E-state index in [0.717, 1.165) is 25.7 Å². The predicted octanol–water partition coefficient (Wildman–Crippen LogP) is 1.95. The van der Waals surface area contributed by atoms with Gasteiger partial charge in [-0.25, -0.2) is 4.79 Å². The minimum Gasteiger partial charge on any atom is -0.444 e. The third-order valence-electron chi connectivity index (χ3n) is 5.30. The first-order chi connectivity index (χ1) is 9.14. The molecular formula is C15H24N2O3. The molecule has 4 unspecified atom stereocenters. The van der Waals surface area contributed by atoms with Crippen LogP contribution in [0.15, 0.2) is 0 Å². The summed E-state index contributed by atoms with van der Waals surface area (Å²) in [4.78, 5) is 23.9. The Hall–Kier alpha value is -1.26. The lowest BCUT2D eigenvalue weighted by Crippen LogP contribution is -2.53. The number of alkyl carbamates (subject to hydrolysis) is 1. The van der Waals surface area contributed by atoms with Gasteiger partial charge in [0, 0.05) is 5.54 Å². The van der Waals surface area contributed by atoms with E-state index in [1.807, 2.05) is 20.8 Å². The Balaban J connectivity index is 1.77. The zero-order chi connectivity index (χ0) is 14.8. The normalized spacial score (nSPS) is 41.8. The topological polar surface area (TPSA) is 81.4 Å². The molecule has 4 aliphatic carbocycles. The highest BCUT2D eigenvalue weighted by atomic mass is 16.6. The van der Waals surface area contributed by atoms with Crippen molar-refractivity contribution in [2.24, 2.45) is 23.0 Å². The summed E-state index contributed by atoms with van der Waals surface area (Å²) < 4.78 is 5.38. The first-order valence-corrected chi connectivity index (χ1v) is 7.45. The monoisotopic (exact) mass is 280 g/mol. The van der Waals surface area contributed by atoms with Crippen LogP contribution in [-0.4, -0.2) is 23.1 Å². The fourth-order valence-electron chi connectivity index (χ4n) is 4.89. The number of ether oxygens (including phenoxy) is 1. The Morgan fingerprint density at radius 2 is 1.95 bits per heavy atom. The van der Waals surface area contributed by atoms with Crippen molar-refractivity contribution in [1.29, 1.82) is 0 Å². The lowest BCUT2D eigenvalue weighted by atomic mass is 9.68. The van der Waals surface area contributed by atoms with E-state index >= 15 is 0 Å². The molecule has 112 valence electrons. The Morgan fingerprint density at radius 3 is 2.55 bits per heavy atom. The molecule has 20 heavy (non-hydrogen) atoms. The van der Waals surface area contributed by atoms with Gasteiger partial charge in [-0.05, 0) is 64.7 Å². The molecule has 4 aliphatic rings. The lowest BCUT2D eigenvalue weighted by molar-refractivity contribution is -0.130. The van der Waals surface area contributed by atoms with Crippen LogP contribution in [-0.2, 0) is 9.53 Å². The van der Waals surface area contributed by atoms with Crippen molar-refractivity contribution in [3.8, 4) is 0 Å². The van der Waals surface area contributed by atoms with Crippen LogP contribution >= 0.6 is 0 Å². The van der Waals surface area contributed by atoms with Gasteiger partial charge in [0.2, 0.25) is 5.91 Å². The Kier molecular flexibility index (Phi) is 2.67. The highest BCUT2D eigenvalue weighted by Crippen LogP contribution is 2.66. The molecule has 0 radical (unpaired) electrons. The van der Waals surface area contributed by atoms with Crippen LogP contribution in [0, 0.1) is 17.3 Å². The van der Waals surface area contributed by atoms with Crippen LogP contribution in [0.1, 0.15) is 52.9 Å². The van der Waals surface area contributed by atoms with Gasteiger partial charge in [0.05, 0.1) is 5.41 Å². The summed E-state index contributed by atoms with van der Waals surface area (Å²) in [6.07, 6.45) is 4.11. The molecule has 4 atom stereocenters. The van der Waals surface area contributed by atoms with Crippen LogP contribution in [0.5, 0.6) is 0 Å². The van der Waals surface area contributed by atoms with Gasteiger partial charge in [0.15, 0.2) is 0 Å². The van der Waals surface area contributed by atoms with Gasteiger partial charge in [0.1, 0.15) is 5.60 Å². The van der Waals surface area contributed by atoms with E-state index in [9.17, 15) is 9.59 Å². The molecule has 0 heterocycles. The molecule has 4 saturated carbocycles. The van der Waals surface area contributed by atoms with Gasteiger partial charge < -0.3 is 15.8 Å². The average molecular weight is 280 g/mol. The molecule has 0 aromatic carbocycles. The lowest BCUT2D eigenvalue weighted by Gasteiger charge is -2.39. The van der Waals surface area contributed by atoms with Gasteiger partial charge >= 0.3 is 6.09 Å². The van der Waals surface area contributed by atoms with Gasteiger partial charge in [-0.1, -0.05) is 0 Å². The van der Waals surface area contributed by atoms with Crippen molar-refractivity contribution in [3.05, 3.63) is 0 Å². The Bertz CT molecular complexity index is 470. The zero-order valence-corrected chi connectivity index (χ0v) is 12.5. The minimum atomic E-state index is -0.502. The number of rotatable bonds is 2. The molecule has 0 spiro atoms. The molecule has 2 amide bonds. The standard InChI is InChI=1S/C15H24N2O3/c1-13(2,3)20-12(19)17-15-6-9-4-10(15)7-14(5-9,8-15)11(16)18/h9-10H,4-8H2,1-3H3,(H2,16,18)(H,17,19). The number of nitrogens with two attached hydrogens (primary N) is 1. The molecule has 5 heteroatoms. The Morgan fingerprint density at radius 1 is 1.25 bits per heavy atom. The number of carbonyl (C=O) groups excluding carboxylic acids is 2. The van der Waals surface area contributed by atoms with Gasteiger partial charge in [-0.15, -0.1) is 0 Å². The molecule has 0 aromatic heterocycles. The molecule has 4 bridgehead atoms. The largest absolute Gasteiger partial charge is 0.444 e. The number of hydrogen-bond acceptors (Lipinski definition) is 3. The number of carbonyl (C=O) groups is 2. The number of hydrogen-bond donors (Lipinski definition) is 2. The SMILES string of the molecule is CC(C)(C)OC(=O)NC12CC3CC1CC(C(N)=O)(C3)C2. The minimum absolute atomic E-state index is 0.195. The van der Waals surface area contributed by atoms with E-state index in [0.29, 0.717) is 18.3 Å². The summed E-state index contributed by atoms with van der Waals surface area (Å²) in [5, 5.41) is 3.08. The first kappa shape index (κ1) is 13.7. The van der Waals surface area contributed by atoms with Gasteiger partial charge in [-0.2, -0.15) is 0 Å². The number of primary amides is 1. The molecule has 0 aromatic rings. The highest BCUT2D eigenvalue weighted by Gasteiger charge is 2.66. The average Bonchev–Trinajstić information content (AvgIpc) is 2.58. The Labute approximate surface area is 119 Å². The summed E-state index contributed by atoms with van der Waals surface area (Å²) in [6, 6.07) is 0. The molecule has 3 N–H and O–H groups in total. The first-order valence-electron chi connectivity index (χ1n) is 7.45. The van der Waals surface area contributed by atoms with Crippen molar-refractivity contribution in [1.82, 2.24) is 5.32 Å². The second-order valence-corrected chi connectivity index (χ2v) is 8.02. The molecule has 0 saturated heterocycles. The van der Waals surface area contributed by atoms with Crippen LogP contribution in [0.25, 0.3) is 0 Å². The van der Waals surface area contributed by atoms with Crippen LogP contribution < -0.4 is 11.1 Å². The van der Waals surface area contributed by atoms with Crippen molar-refractivity contribution in [2.45, 2.75) is 64.0 Å². The third-order valence-corrected chi connectivity index (χ3v) is 5.30. The van der Waals surface area contributed by atoms with E-state index < -0.39 is 5.60 Å². The quantitative estimate of drug-likeness (QED) is 0.811. The summed E-state index contributed by atoms with van der Waals surface area (Å²) in [7, 11) is 0. The van der Waals surface area contributed by atoms with Crippen LogP contribution in [0.2, 0.25) is 0 Å². The number of amides is 2. The zero-order valence-electron chi connectivity index (χ0n) is 12.5. The maximum Gasteiger partial charge on any atom is 0.408 e. The summed E-state index contributed by atoms with van der Waals surface area (Å²) >= 11 is 0. The molecule has 5 nitrogen and oxygen atoms in total. The second kappa shape index (κ2) is 3.89. The predicted molar refractivity (Wildman–Crippen MR) is 73.8 cm³/mol. The summed E-state index contributed by atoms with van der Waals surface area (Å²) in [5.74, 6) is 0.700. The van der Waals surface area contributed by atoms with E-state index in [2.05, 4.69) is 5.32 Å². The molecule has 0 aliphatic heterocycles. The molecule has 4 rings (SSSR count). The van der Waals surface area contributed by atoms with E-state index in [1.54, 1.807) is 0 Å². The van der Waals surface area contributed by atoms with Crippen molar-refractivity contribution < 1.29 is 14.3 Å². The van der Waals surface area contributed by atoms with Crippen LogP contribution in [0.3, 0.4) is 0 Å². The fourth-order valence-corrected chi connectivity index (χ4v) is 4.89. The molecule has 4 fully saturated rings. The van der Waals surface area contributed by atoms with E-state index in [1.165, 1.54) is 0 Å². The van der Waals surface area contributed by atoms with E-state index in [4.69, 9.17) is 10.5 Å². The second-order valence-electron chi connectivity index (χ2n) is 8.02. The maximum absolute atomic E-state index is 12.1. The summed E-state index contributed by atoms with van der Waals surface area (Å²) in [5.41, 5.74) is 4.48. The van der Waals surface area contributed by atoms with Crippen molar-refractivity contribution in [2.75, 3.05) is 0 Å². The number of nitrogens with one attached hydrogen (secondary N) is 1. The fraction of sp³-hybridized carbons (Fsp3) is 0.867. The molecular weight excluding hydrogens is 256 g/mol. The van der Waals surface area contributed by atoms with Gasteiger partial charge in [0.25, 0.3) is 0 Å². The van der Waals surface area contributed by atoms with Crippen LogP contribution in [0.4, 0.5) is 4.79 Å². The smallest absolute Gasteiger partial charge is 0.408 e. The van der Waals surface area contributed by atoms with Crippen molar-refractivity contribution >= 4 is 12.0 Å². The van der Waals surface area contributed by atoms with Crippen molar-refractivity contribution in [3.63, 3.8) is 0 Å². The maximum atomic E-state index is 12.1.